The molecule has 0 bridgehead atoms. The van der Waals surface area contributed by atoms with Crippen LogP contribution in [0.3, 0.4) is 0 Å². The van der Waals surface area contributed by atoms with Gasteiger partial charge in [0, 0.05) is 17.0 Å². The summed E-state index contributed by atoms with van der Waals surface area (Å²) in [6.45, 7) is 0. The normalized spacial score (nSPS) is 11.9. The molecule has 1 aromatic carbocycles. The maximum atomic E-state index is 10.5. The van der Waals surface area contributed by atoms with Crippen LogP contribution in [0.4, 0.5) is 0 Å². The van der Waals surface area contributed by atoms with Crippen LogP contribution in [-0.2, 0) is 4.57 Å². The molecule has 1 aromatic heterocycles. The number of aromatic amines is 1. The van der Waals surface area contributed by atoms with Gasteiger partial charge < -0.3 is 9.51 Å². The zero-order valence-electron chi connectivity index (χ0n) is 7.04. The predicted molar refractivity (Wildman–Crippen MR) is 51.0 cm³/mol. The maximum Gasteiger partial charge on any atom is 0.525 e. The number of hydrogen-bond acceptors (Lipinski definition) is 2. The summed E-state index contributed by atoms with van der Waals surface area (Å²) in [5, 5.41) is 0.843. The number of benzene rings is 1. The van der Waals surface area contributed by atoms with E-state index in [9.17, 15) is 4.57 Å². The second kappa shape index (κ2) is 3.13. The molecular weight excluding hydrogens is 205 g/mol. The minimum absolute atomic E-state index is 0.0690. The van der Waals surface area contributed by atoms with Crippen LogP contribution in [0.15, 0.2) is 30.3 Å². The van der Waals surface area contributed by atoms with Crippen molar-refractivity contribution in [2.45, 2.75) is 0 Å². The molecule has 3 N–H and O–H groups in total. The van der Waals surface area contributed by atoms with Crippen molar-refractivity contribution in [2.75, 3.05) is 0 Å². The van der Waals surface area contributed by atoms with Crippen molar-refractivity contribution in [2.24, 2.45) is 0 Å². The van der Waals surface area contributed by atoms with Gasteiger partial charge >= 0.3 is 7.82 Å². The molecule has 0 radical (unpaired) electrons. The summed E-state index contributed by atoms with van der Waals surface area (Å²) in [5.41, 5.74) is 0.774. The molecular formula is C8H8NO4P. The fraction of sp³-hybridized carbons (Fsp3) is 0. The maximum absolute atomic E-state index is 10.5. The number of H-pyrrole nitrogens is 1. The Morgan fingerprint density at radius 1 is 1.29 bits per heavy atom. The fourth-order valence-electron chi connectivity index (χ4n) is 1.22. The van der Waals surface area contributed by atoms with Gasteiger partial charge in [-0.3, -0.25) is 9.79 Å². The second-order valence-electron chi connectivity index (χ2n) is 2.80. The smallest absolute Gasteiger partial charge is 0.388 e. The van der Waals surface area contributed by atoms with Crippen LogP contribution < -0.4 is 4.52 Å². The standard InChI is InChI=1S/C8H8NO4P/c10-14(11,12)13-8-5-6-3-1-2-4-7(6)9-8/h1-5,9H,(H2,10,11,12). The van der Waals surface area contributed by atoms with Gasteiger partial charge in [0.05, 0.1) is 0 Å². The first-order valence-electron chi connectivity index (χ1n) is 3.87. The van der Waals surface area contributed by atoms with Crippen molar-refractivity contribution in [3.8, 4) is 5.88 Å². The number of hydrogen-bond donors (Lipinski definition) is 3. The molecule has 5 nitrogen and oxygen atoms in total. The first kappa shape index (κ1) is 9.27. The molecule has 0 aliphatic carbocycles. The molecule has 0 saturated carbocycles. The Morgan fingerprint density at radius 3 is 2.64 bits per heavy atom. The van der Waals surface area contributed by atoms with Gasteiger partial charge in [0.2, 0.25) is 5.88 Å². The number of nitrogens with one attached hydrogen (secondary N) is 1. The minimum Gasteiger partial charge on any atom is -0.388 e. The van der Waals surface area contributed by atoms with Gasteiger partial charge in [-0.1, -0.05) is 18.2 Å². The number of phosphoric acid groups is 1. The topological polar surface area (TPSA) is 82.6 Å². The van der Waals surface area contributed by atoms with Gasteiger partial charge in [0.15, 0.2) is 0 Å². The Morgan fingerprint density at radius 2 is 2.00 bits per heavy atom. The molecule has 6 heteroatoms. The van der Waals surface area contributed by atoms with E-state index in [1.54, 1.807) is 6.07 Å². The lowest BCUT2D eigenvalue weighted by atomic mass is 10.3. The van der Waals surface area contributed by atoms with E-state index < -0.39 is 7.82 Å². The zero-order chi connectivity index (χ0) is 10.2. The van der Waals surface area contributed by atoms with E-state index in [0.717, 1.165) is 10.9 Å². The van der Waals surface area contributed by atoms with E-state index in [1.807, 2.05) is 18.2 Å². The van der Waals surface area contributed by atoms with Crippen LogP contribution in [0.1, 0.15) is 0 Å². The highest BCUT2D eigenvalue weighted by Crippen LogP contribution is 2.37. The number of aromatic nitrogens is 1. The zero-order valence-corrected chi connectivity index (χ0v) is 7.94. The highest BCUT2D eigenvalue weighted by molar-refractivity contribution is 7.46. The third kappa shape index (κ3) is 1.96. The molecule has 0 spiro atoms. The van der Waals surface area contributed by atoms with Gasteiger partial charge in [0.25, 0.3) is 0 Å². The molecule has 14 heavy (non-hydrogen) atoms. The molecule has 0 aliphatic heterocycles. The molecule has 0 saturated heterocycles. The summed E-state index contributed by atoms with van der Waals surface area (Å²) in [4.78, 5) is 19.9. The molecule has 0 aliphatic rings. The van der Waals surface area contributed by atoms with E-state index in [1.165, 1.54) is 6.07 Å². The lowest BCUT2D eigenvalue weighted by Crippen LogP contribution is -1.89. The lowest BCUT2D eigenvalue weighted by molar-refractivity contribution is 0.280. The van der Waals surface area contributed by atoms with Crippen LogP contribution in [0, 0.1) is 0 Å². The summed E-state index contributed by atoms with van der Waals surface area (Å²) >= 11 is 0. The van der Waals surface area contributed by atoms with Gasteiger partial charge in [-0.2, -0.15) is 0 Å². The van der Waals surface area contributed by atoms with Gasteiger partial charge in [-0.15, -0.1) is 0 Å². The lowest BCUT2D eigenvalue weighted by Gasteiger charge is -2.02. The molecule has 2 rings (SSSR count). The fourth-order valence-corrected chi connectivity index (χ4v) is 1.58. The number of fused-ring (bicyclic) bond motifs is 1. The third-order valence-electron chi connectivity index (χ3n) is 1.72. The van der Waals surface area contributed by atoms with Crippen LogP contribution >= 0.6 is 7.82 Å². The average Bonchev–Trinajstić information content (AvgIpc) is 2.42. The van der Waals surface area contributed by atoms with E-state index in [-0.39, 0.29) is 5.88 Å². The van der Waals surface area contributed by atoms with Crippen molar-refractivity contribution in [1.82, 2.24) is 4.98 Å². The minimum atomic E-state index is -4.47. The molecule has 0 unspecified atom stereocenters. The van der Waals surface area contributed by atoms with E-state index in [2.05, 4.69) is 9.51 Å². The van der Waals surface area contributed by atoms with E-state index in [4.69, 9.17) is 9.79 Å². The predicted octanol–water partition coefficient (Wildman–Crippen LogP) is 1.64. The van der Waals surface area contributed by atoms with Gasteiger partial charge in [-0.25, -0.2) is 4.57 Å². The van der Waals surface area contributed by atoms with Crippen molar-refractivity contribution >= 4 is 18.7 Å². The number of phosphoric ester groups is 1. The highest BCUT2D eigenvalue weighted by Gasteiger charge is 2.16. The second-order valence-corrected chi connectivity index (χ2v) is 3.97. The highest BCUT2D eigenvalue weighted by atomic mass is 31.2. The molecule has 0 atom stereocenters. The van der Waals surface area contributed by atoms with Crippen LogP contribution in [0.5, 0.6) is 5.88 Å². The first-order valence-corrected chi connectivity index (χ1v) is 5.40. The molecule has 0 amide bonds. The Bertz CT molecular complexity index is 468. The van der Waals surface area contributed by atoms with Crippen molar-refractivity contribution in [1.29, 1.82) is 0 Å². The molecule has 0 fully saturated rings. The van der Waals surface area contributed by atoms with E-state index >= 15 is 0 Å². The van der Waals surface area contributed by atoms with Crippen molar-refractivity contribution in [3.63, 3.8) is 0 Å². The third-order valence-corrected chi connectivity index (χ3v) is 2.16. The Labute approximate surface area is 79.6 Å². The van der Waals surface area contributed by atoms with E-state index in [0.29, 0.717) is 0 Å². The Hall–Kier alpha value is -1.29. The van der Waals surface area contributed by atoms with Gasteiger partial charge in [-0.05, 0) is 6.07 Å². The van der Waals surface area contributed by atoms with Gasteiger partial charge in [0.1, 0.15) is 0 Å². The quantitative estimate of drug-likeness (QED) is 0.662. The Kier molecular flexibility index (Phi) is 2.07. The SMILES string of the molecule is O=P(O)(O)Oc1cc2ccccc2[nH]1. The van der Waals surface area contributed by atoms with Crippen molar-refractivity contribution in [3.05, 3.63) is 30.3 Å². The van der Waals surface area contributed by atoms with Crippen LogP contribution in [0.2, 0.25) is 0 Å². The Balaban J connectivity index is 2.41. The number of rotatable bonds is 2. The summed E-state index contributed by atoms with van der Waals surface area (Å²) in [6, 6.07) is 8.80. The monoisotopic (exact) mass is 213 g/mol. The summed E-state index contributed by atoms with van der Waals surface area (Å²) in [6.07, 6.45) is 0. The molecule has 74 valence electrons. The summed E-state index contributed by atoms with van der Waals surface area (Å²) in [7, 11) is -4.47. The average molecular weight is 213 g/mol. The number of para-hydroxylation sites is 1. The van der Waals surface area contributed by atoms with Crippen LogP contribution in [0.25, 0.3) is 10.9 Å². The summed E-state index contributed by atoms with van der Waals surface area (Å²) < 4.78 is 14.9. The van der Waals surface area contributed by atoms with Crippen LogP contribution in [-0.4, -0.2) is 14.8 Å². The van der Waals surface area contributed by atoms with Crippen molar-refractivity contribution < 1.29 is 18.9 Å². The molecule has 1 heterocycles. The first-order chi connectivity index (χ1) is 6.54. The largest absolute Gasteiger partial charge is 0.525 e. The molecule has 2 aromatic rings. The summed E-state index contributed by atoms with van der Waals surface area (Å²) in [5.74, 6) is 0.0690.